The number of hydrogen-bond donors (Lipinski definition) is 1. The Labute approximate surface area is 156 Å². The minimum absolute atomic E-state index is 0.0132. The third kappa shape index (κ3) is 4.82. The van der Waals surface area contributed by atoms with Crippen LogP contribution in [0.15, 0.2) is 29.2 Å². The number of aromatic hydroxyl groups is 1. The summed E-state index contributed by atoms with van der Waals surface area (Å²) in [5, 5.41) is 9.50. The van der Waals surface area contributed by atoms with Crippen LogP contribution in [0.3, 0.4) is 0 Å². The molecule has 0 amide bonds. The molecule has 0 aliphatic carbocycles. The molecule has 2 aromatic rings. The number of alkyl halides is 6. The highest BCUT2D eigenvalue weighted by atomic mass is 35.5. The Morgan fingerprint density at radius 2 is 1.83 bits per heavy atom. The van der Waals surface area contributed by atoms with Crippen molar-refractivity contribution in [2.45, 2.75) is 9.49 Å². The zero-order valence-corrected chi connectivity index (χ0v) is 14.9. The number of benzene rings is 1. The van der Waals surface area contributed by atoms with Gasteiger partial charge in [-0.1, -0.05) is 34.8 Å². The van der Waals surface area contributed by atoms with Crippen molar-refractivity contribution < 1.29 is 23.0 Å². The summed E-state index contributed by atoms with van der Waals surface area (Å²) in [4.78, 5) is 12.1. The van der Waals surface area contributed by atoms with Crippen LogP contribution in [-0.4, -0.2) is 23.1 Å². The van der Waals surface area contributed by atoms with Gasteiger partial charge in [0, 0.05) is 23.5 Å². The molecule has 1 heterocycles. The second-order valence-electron chi connectivity index (χ2n) is 4.13. The van der Waals surface area contributed by atoms with Crippen molar-refractivity contribution >= 4 is 58.4 Å². The van der Waals surface area contributed by atoms with Crippen molar-refractivity contribution in [2.75, 3.05) is 0 Å². The number of nitrogens with zero attached hydrogens (tertiary/aromatic N) is 2. The van der Waals surface area contributed by atoms with Crippen molar-refractivity contribution in [1.29, 1.82) is 0 Å². The first-order chi connectivity index (χ1) is 10.9. The first-order valence-corrected chi connectivity index (χ1v) is 8.01. The molecular weight excluding hydrogens is 439 g/mol. The Balaban J connectivity index is 2.43. The van der Waals surface area contributed by atoms with Crippen molar-refractivity contribution in [3.63, 3.8) is 0 Å². The molecule has 0 bridgehead atoms. The molecule has 13 heteroatoms. The largest absolute Gasteiger partial charge is 0.493 e. The van der Waals surface area contributed by atoms with Crippen LogP contribution in [0.5, 0.6) is 11.6 Å². The van der Waals surface area contributed by atoms with E-state index in [0.717, 1.165) is 24.4 Å². The number of ether oxygens (including phenoxy) is 1. The van der Waals surface area contributed by atoms with Crippen LogP contribution >= 0.6 is 58.4 Å². The Morgan fingerprint density at radius 1 is 1.21 bits per heavy atom. The van der Waals surface area contributed by atoms with Gasteiger partial charge in [0.15, 0.2) is 0 Å². The molecule has 5 nitrogen and oxygen atoms in total. The molecule has 1 aromatic carbocycles. The van der Waals surface area contributed by atoms with Gasteiger partial charge in [-0.25, -0.2) is 13.3 Å². The van der Waals surface area contributed by atoms with Gasteiger partial charge in [-0.15, -0.1) is 8.78 Å². The summed E-state index contributed by atoms with van der Waals surface area (Å²) in [7, 11) is 0. The number of aromatic nitrogens is 2. The lowest BCUT2D eigenvalue weighted by molar-refractivity contribution is -0.0964. The minimum atomic E-state index is -3.98. The Hall–Kier alpha value is -0.870. The quantitative estimate of drug-likeness (QED) is 0.679. The van der Waals surface area contributed by atoms with Crippen LogP contribution in [0.25, 0.3) is 5.69 Å². The van der Waals surface area contributed by atoms with Gasteiger partial charge in [0.25, 0.3) is 0 Å². The van der Waals surface area contributed by atoms with Gasteiger partial charge in [-0.05, 0) is 18.2 Å². The monoisotopic (exact) mass is 442 g/mol. The lowest BCUT2D eigenvalue weighted by Gasteiger charge is -2.13. The van der Waals surface area contributed by atoms with E-state index in [-0.39, 0.29) is 22.7 Å². The first kappa shape index (κ1) is 19.5. The molecular formula is C11H5Cl4F3N2O3S. The molecule has 0 fully saturated rings. The third-order valence-electron chi connectivity index (χ3n) is 2.44. The average Bonchev–Trinajstić information content (AvgIpc) is 2.63. The lowest BCUT2D eigenvalue weighted by atomic mass is 10.3. The normalized spacial score (nSPS) is 12.5. The summed E-state index contributed by atoms with van der Waals surface area (Å²) in [6, 6.07) is 3.21. The van der Waals surface area contributed by atoms with Gasteiger partial charge in [-0.3, -0.25) is 0 Å². The van der Waals surface area contributed by atoms with Crippen molar-refractivity contribution in [3.05, 3.63) is 39.9 Å². The molecule has 0 saturated heterocycles. The van der Waals surface area contributed by atoms with E-state index < -0.39 is 26.8 Å². The first-order valence-electron chi connectivity index (χ1n) is 5.72. The molecule has 0 spiro atoms. The number of rotatable bonds is 5. The molecule has 2 rings (SSSR count). The fraction of sp³-hybridized carbons (Fsp3) is 0.182. The minimum Gasteiger partial charge on any atom is -0.493 e. The van der Waals surface area contributed by atoms with E-state index in [1.54, 1.807) is 0 Å². The standard InChI is InChI=1S/C11H5Cl4F3N2O3S/c12-6-3-5(1-2-7(6)23-11(15,17)18)20-8(21)4-19(9(20)22)24-10(13,14)16/h1-4,21H. The van der Waals surface area contributed by atoms with Crippen LogP contribution in [0.1, 0.15) is 0 Å². The van der Waals surface area contributed by atoms with Crippen molar-refractivity contribution in [2.24, 2.45) is 0 Å². The fourth-order valence-electron chi connectivity index (χ4n) is 1.67. The zero-order valence-electron chi connectivity index (χ0n) is 11.0. The maximum atomic E-state index is 13.2. The number of imidazole rings is 1. The molecule has 0 atom stereocenters. The third-order valence-corrected chi connectivity index (χ3v) is 3.89. The summed E-state index contributed by atoms with van der Waals surface area (Å²) in [5.41, 5.74) is -4.91. The van der Waals surface area contributed by atoms with E-state index in [4.69, 9.17) is 34.8 Å². The van der Waals surface area contributed by atoms with Gasteiger partial charge in [-0.2, -0.15) is 4.39 Å². The molecule has 0 saturated carbocycles. The van der Waals surface area contributed by atoms with Gasteiger partial charge in [0.2, 0.25) is 5.88 Å². The Morgan fingerprint density at radius 3 is 2.33 bits per heavy atom. The summed E-state index contributed by atoms with van der Waals surface area (Å²) in [6.07, 6.45) is 0.858. The van der Waals surface area contributed by atoms with Gasteiger partial charge in [0.05, 0.1) is 16.9 Å². The molecule has 0 unspecified atom stereocenters. The van der Waals surface area contributed by atoms with Crippen molar-refractivity contribution in [3.8, 4) is 17.3 Å². The number of hydrogen-bond acceptors (Lipinski definition) is 4. The molecule has 1 N–H and O–H groups in total. The second kappa shape index (κ2) is 6.80. The molecule has 0 radical (unpaired) electrons. The summed E-state index contributed by atoms with van der Waals surface area (Å²) in [6.45, 7) is 0. The maximum Gasteiger partial charge on any atom is 0.487 e. The molecule has 132 valence electrons. The summed E-state index contributed by atoms with van der Waals surface area (Å²) >= 11 is 20.8. The van der Waals surface area contributed by atoms with Crippen LogP contribution in [0, 0.1) is 0 Å². The van der Waals surface area contributed by atoms with E-state index >= 15 is 0 Å². The summed E-state index contributed by atoms with van der Waals surface area (Å²) in [5.74, 6) is -1.05. The predicted molar refractivity (Wildman–Crippen MR) is 86.7 cm³/mol. The smallest absolute Gasteiger partial charge is 0.487 e. The van der Waals surface area contributed by atoms with E-state index in [1.165, 1.54) is 0 Å². The van der Waals surface area contributed by atoms with Crippen LogP contribution < -0.4 is 10.4 Å². The predicted octanol–water partition coefficient (Wildman–Crippen LogP) is 4.72. The second-order valence-corrected chi connectivity index (χ2v) is 7.80. The van der Waals surface area contributed by atoms with E-state index in [9.17, 15) is 23.1 Å². The van der Waals surface area contributed by atoms with Crippen LogP contribution in [0.2, 0.25) is 5.02 Å². The molecule has 24 heavy (non-hydrogen) atoms. The van der Waals surface area contributed by atoms with E-state index in [2.05, 4.69) is 16.3 Å². The maximum absolute atomic E-state index is 13.2. The van der Waals surface area contributed by atoms with Crippen LogP contribution in [0.4, 0.5) is 13.2 Å². The highest BCUT2D eigenvalue weighted by Gasteiger charge is 2.29. The van der Waals surface area contributed by atoms with E-state index in [0.29, 0.717) is 8.54 Å². The highest BCUT2D eigenvalue weighted by Crippen LogP contribution is 2.37. The van der Waals surface area contributed by atoms with E-state index in [1.807, 2.05) is 0 Å². The molecule has 0 aliphatic rings. The molecule has 1 aromatic heterocycles. The number of halogens is 7. The molecule has 0 aliphatic heterocycles. The van der Waals surface area contributed by atoms with Gasteiger partial charge in [0.1, 0.15) is 5.75 Å². The SMILES string of the molecule is O=c1n(SC(F)(Cl)Cl)cc(O)n1-c1ccc(OC(F)(F)Cl)c(Cl)c1. The van der Waals surface area contributed by atoms with Gasteiger partial charge < -0.3 is 9.84 Å². The topological polar surface area (TPSA) is 56.4 Å². The summed E-state index contributed by atoms with van der Waals surface area (Å²) < 4.78 is 41.1. The van der Waals surface area contributed by atoms with Crippen LogP contribution in [-0.2, 0) is 0 Å². The Kier molecular flexibility index (Phi) is 5.51. The van der Waals surface area contributed by atoms with Crippen molar-refractivity contribution in [1.82, 2.24) is 8.54 Å². The Bertz CT molecular complexity index is 816. The lowest BCUT2D eigenvalue weighted by Crippen LogP contribution is -2.22. The zero-order chi connectivity index (χ0) is 18.3. The average molecular weight is 444 g/mol. The highest BCUT2D eigenvalue weighted by molar-refractivity contribution is 8.01. The van der Waals surface area contributed by atoms with Gasteiger partial charge >= 0.3 is 15.2 Å². The fourth-order valence-corrected chi connectivity index (χ4v) is 2.94.